The first-order valence-corrected chi connectivity index (χ1v) is 11.6. The lowest BCUT2D eigenvalue weighted by molar-refractivity contribution is -0.130. The molecule has 2 heterocycles. The summed E-state index contributed by atoms with van der Waals surface area (Å²) in [6.07, 6.45) is 12.1. The highest BCUT2D eigenvalue weighted by Gasteiger charge is 2.32. The standard InChI is InChI=1S/C22H32N6O3/c1-15-18(20(30)28-21(25-15)23-14-24-28)12-13-19(29)27(17-10-6-3-7-11-17)22(31)26-16-8-4-2-5-9-16/h14,16-17H,2-13H2,1H3,(H,26,31)(H,23,24,25). The fraction of sp³-hybridized carbons (Fsp3) is 0.682. The predicted molar refractivity (Wildman–Crippen MR) is 116 cm³/mol. The van der Waals surface area contributed by atoms with Crippen molar-refractivity contribution < 1.29 is 9.59 Å². The van der Waals surface area contributed by atoms with E-state index < -0.39 is 0 Å². The molecular formula is C22H32N6O3. The molecule has 2 saturated carbocycles. The number of carbonyl (C=O) groups excluding carboxylic acids is 2. The molecular weight excluding hydrogens is 396 g/mol. The number of rotatable bonds is 5. The van der Waals surface area contributed by atoms with Crippen molar-refractivity contribution in [2.45, 2.75) is 96.1 Å². The third kappa shape index (κ3) is 4.80. The Balaban J connectivity index is 1.49. The van der Waals surface area contributed by atoms with Gasteiger partial charge < -0.3 is 5.32 Å². The highest BCUT2D eigenvalue weighted by molar-refractivity contribution is 5.95. The number of urea groups is 1. The highest BCUT2D eigenvalue weighted by Crippen LogP contribution is 2.25. The smallest absolute Gasteiger partial charge is 0.324 e. The SMILES string of the molecule is Cc1nc2nc[nH]n2c(=O)c1CCC(=O)N(C(=O)NC1CCCCC1)C1CCCCC1. The summed E-state index contributed by atoms with van der Waals surface area (Å²) in [4.78, 5) is 48.9. The van der Waals surface area contributed by atoms with Crippen LogP contribution in [0.1, 0.15) is 81.9 Å². The van der Waals surface area contributed by atoms with Crippen LogP contribution in [-0.4, -0.2) is 48.5 Å². The lowest BCUT2D eigenvalue weighted by Crippen LogP contribution is -2.53. The quantitative estimate of drug-likeness (QED) is 0.760. The summed E-state index contributed by atoms with van der Waals surface area (Å²) in [6, 6.07) is -0.168. The fourth-order valence-electron chi connectivity index (χ4n) is 4.95. The summed E-state index contributed by atoms with van der Waals surface area (Å²) in [5.74, 6) is 0.0991. The number of amides is 3. The van der Waals surface area contributed by atoms with Crippen LogP contribution >= 0.6 is 0 Å². The molecule has 0 bridgehead atoms. The van der Waals surface area contributed by atoms with Crippen molar-refractivity contribution in [1.29, 1.82) is 0 Å². The van der Waals surface area contributed by atoms with Gasteiger partial charge in [-0.15, -0.1) is 0 Å². The number of aromatic amines is 1. The van der Waals surface area contributed by atoms with Crippen molar-refractivity contribution in [3.05, 3.63) is 27.9 Å². The van der Waals surface area contributed by atoms with Gasteiger partial charge >= 0.3 is 6.03 Å². The Labute approximate surface area is 181 Å². The molecule has 2 fully saturated rings. The van der Waals surface area contributed by atoms with E-state index in [1.807, 2.05) is 0 Å². The first-order chi connectivity index (χ1) is 15.0. The lowest BCUT2D eigenvalue weighted by Gasteiger charge is -2.34. The van der Waals surface area contributed by atoms with Crippen molar-refractivity contribution in [3.8, 4) is 0 Å². The molecule has 0 aliphatic heterocycles. The maximum absolute atomic E-state index is 13.3. The minimum absolute atomic E-state index is 0.0553. The first-order valence-electron chi connectivity index (χ1n) is 11.6. The molecule has 9 nitrogen and oxygen atoms in total. The number of nitrogens with one attached hydrogen (secondary N) is 2. The van der Waals surface area contributed by atoms with Gasteiger partial charge in [0, 0.05) is 24.1 Å². The second-order valence-electron chi connectivity index (χ2n) is 8.84. The second-order valence-corrected chi connectivity index (χ2v) is 8.84. The maximum atomic E-state index is 13.3. The normalized spacial score (nSPS) is 18.2. The third-order valence-electron chi connectivity index (χ3n) is 6.68. The number of imide groups is 1. The Bertz CT molecular complexity index is 985. The number of aryl methyl sites for hydroxylation is 1. The lowest BCUT2D eigenvalue weighted by atomic mass is 9.93. The molecule has 3 amide bonds. The largest absolute Gasteiger partial charge is 0.335 e. The van der Waals surface area contributed by atoms with E-state index in [-0.39, 0.29) is 42.4 Å². The Morgan fingerprint density at radius 2 is 1.81 bits per heavy atom. The second kappa shape index (κ2) is 9.62. The number of hydrogen-bond acceptors (Lipinski definition) is 5. The van der Waals surface area contributed by atoms with Crippen LogP contribution in [0.2, 0.25) is 0 Å². The van der Waals surface area contributed by atoms with E-state index in [0.29, 0.717) is 17.0 Å². The summed E-state index contributed by atoms with van der Waals surface area (Å²) in [6.45, 7) is 1.75. The van der Waals surface area contributed by atoms with Gasteiger partial charge in [-0.3, -0.25) is 19.6 Å². The molecule has 0 spiro atoms. The monoisotopic (exact) mass is 428 g/mol. The zero-order valence-corrected chi connectivity index (χ0v) is 18.2. The number of fused-ring (bicyclic) bond motifs is 1. The van der Waals surface area contributed by atoms with Crippen LogP contribution in [0.5, 0.6) is 0 Å². The van der Waals surface area contributed by atoms with E-state index in [4.69, 9.17) is 0 Å². The molecule has 0 saturated heterocycles. The van der Waals surface area contributed by atoms with Crippen molar-refractivity contribution in [3.63, 3.8) is 0 Å². The van der Waals surface area contributed by atoms with Crippen molar-refractivity contribution in [2.75, 3.05) is 0 Å². The van der Waals surface area contributed by atoms with Gasteiger partial charge in [0.1, 0.15) is 6.33 Å². The topological polar surface area (TPSA) is 112 Å². The van der Waals surface area contributed by atoms with Crippen LogP contribution in [0.15, 0.2) is 11.1 Å². The fourth-order valence-corrected chi connectivity index (χ4v) is 4.95. The third-order valence-corrected chi connectivity index (χ3v) is 6.68. The summed E-state index contributed by atoms with van der Waals surface area (Å²) < 4.78 is 1.28. The van der Waals surface area contributed by atoms with Gasteiger partial charge in [-0.05, 0) is 39.0 Å². The maximum Gasteiger partial charge on any atom is 0.324 e. The van der Waals surface area contributed by atoms with Gasteiger partial charge in [-0.2, -0.15) is 4.52 Å². The molecule has 2 aromatic heterocycles. The van der Waals surface area contributed by atoms with Gasteiger partial charge in [0.2, 0.25) is 5.91 Å². The van der Waals surface area contributed by atoms with Crippen LogP contribution in [0, 0.1) is 6.92 Å². The highest BCUT2D eigenvalue weighted by atomic mass is 16.2. The summed E-state index contributed by atoms with van der Waals surface area (Å²) in [7, 11) is 0. The van der Waals surface area contributed by atoms with Crippen LogP contribution in [-0.2, 0) is 11.2 Å². The summed E-state index contributed by atoms with van der Waals surface area (Å²) in [5.41, 5.74) is 0.802. The average Bonchev–Trinajstić information content (AvgIpc) is 3.24. The Hall–Kier alpha value is -2.71. The minimum atomic E-state index is -0.264. The number of H-pyrrole nitrogens is 1. The van der Waals surface area contributed by atoms with Crippen LogP contribution in [0.25, 0.3) is 5.78 Å². The Morgan fingerprint density at radius 1 is 1.13 bits per heavy atom. The van der Waals surface area contributed by atoms with E-state index >= 15 is 0 Å². The molecule has 31 heavy (non-hydrogen) atoms. The van der Waals surface area contributed by atoms with Crippen molar-refractivity contribution in [2.24, 2.45) is 0 Å². The van der Waals surface area contributed by atoms with E-state index in [1.165, 1.54) is 22.2 Å². The molecule has 168 valence electrons. The molecule has 0 radical (unpaired) electrons. The average molecular weight is 429 g/mol. The zero-order chi connectivity index (χ0) is 21.8. The zero-order valence-electron chi connectivity index (χ0n) is 18.2. The van der Waals surface area contributed by atoms with Gasteiger partial charge in [-0.1, -0.05) is 38.5 Å². The molecule has 4 rings (SSSR count). The van der Waals surface area contributed by atoms with E-state index in [1.54, 1.807) is 6.92 Å². The molecule has 2 aliphatic rings. The molecule has 0 unspecified atom stereocenters. The molecule has 0 aromatic carbocycles. The molecule has 2 aliphatic carbocycles. The molecule has 2 aromatic rings. The minimum Gasteiger partial charge on any atom is -0.335 e. The molecule has 9 heteroatoms. The van der Waals surface area contributed by atoms with Gasteiger partial charge in [0.05, 0.1) is 5.69 Å². The van der Waals surface area contributed by atoms with Crippen LogP contribution < -0.4 is 10.9 Å². The van der Waals surface area contributed by atoms with Crippen molar-refractivity contribution >= 4 is 17.7 Å². The van der Waals surface area contributed by atoms with Crippen LogP contribution in [0.4, 0.5) is 4.79 Å². The number of carbonyl (C=O) groups is 2. The predicted octanol–water partition coefficient (Wildman–Crippen LogP) is 2.86. The molecule has 0 atom stereocenters. The van der Waals surface area contributed by atoms with Crippen molar-refractivity contribution in [1.82, 2.24) is 29.8 Å². The van der Waals surface area contributed by atoms with E-state index in [9.17, 15) is 14.4 Å². The number of aromatic nitrogens is 4. The van der Waals surface area contributed by atoms with Crippen LogP contribution in [0.3, 0.4) is 0 Å². The van der Waals surface area contributed by atoms with Gasteiger partial charge in [-0.25, -0.2) is 14.8 Å². The Morgan fingerprint density at radius 3 is 2.52 bits per heavy atom. The number of hydrogen-bond donors (Lipinski definition) is 2. The summed E-state index contributed by atoms with van der Waals surface area (Å²) >= 11 is 0. The van der Waals surface area contributed by atoms with E-state index in [2.05, 4.69) is 20.4 Å². The van der Waals surface area contributed by atoms with Gasteiger partial charge in [0.15, 0.2) is 0 Å². The van der Waals surface area contributed by atoms with E-state index in [0.717, 1.165) is 57.8 Å². The number of nitrogens with zero attached hydrogens (tertiary/aromatic N) is 4. The van der Waals surface area contributed by atoms with Gasteiger partial charge in [0.25, 0.3) is 11.3 Å². The first kappa shape index (κ1) is 21.5. The summed E-state index contributed by atoms with van der Waals surface area (Å²) in [5, 5.41) is 5.87. The molecule has 2 N–H and O–H groups in total. The Kier molecular flexibility index (Phi) is 6.67.